The molecule has 0 bridgehead atoms. The Hall–Kier alpha value is -6.88. The van der Waals surface area contributed by atoms with Gasteiger partial charge in [0.1, 0.15) is 12.1 Å². The highest BCUT2D eigenvalue weighted by atomic mass is 15.0. The molecule has 0 spiro atoms. The van der Waals surface area contributed by atoms with Gasteiger partial charge in [-0.05, 0) is 77.9 Å². The molecular formula is C44H26N4. The zero-order valence-electron chi connectivity index (χ0n) is 25.8. The van der Waals surface area contributed by atoms with Crippen LogP contribution in [0.5, 0.6) is 0 Å². The van der Waals surface area contributed by atoms with Crippen LogP contribution in [0.15, 0.2) is 158 Å². The van der Waals surface area contributed by atoms with Gasteiger partial charge in [-0.3, -0.25) is 0 Å². The van der Waals surface area contributed by atoms with Gasteiger partial charge in [0.2, 0.25) is 0 Å². The number of benzene rings is 7. The Balaban J connectivity index is 1.39. The zero-order valence-corrected chi connectivity index (χ0v) is 25.8. The lowest BCUT2D eigenvalue weighted by molar-refractivity contribution is 1.18. The Kier molecular flexibility index (Phi) is 6.22. The second kappa shape index (κ2) is 10.9. The maximum Gasteiger partial charge on any atom is 0.101 e. The van der Waals surface area contributed by atoms with Crippen molar-refractivity contribution in [3.8, 4) is 45.8 Å². The molecule has 48 heavy (non-hydrogen) atoms. The van der Waals surface area contributed by atoms with E-state index in [-0.39, 0.29) is 0 Å². The molecule has 0 saturated heterocycles. The van der Waals surface area contributed by atoms with Gasteiger partial charge < -0.3 is 9.13 Å². The molecule has 0 amide bonds. The molecule has 0 aliphatic rings. The van der Waals surface area contributed by atoms with Crippen LogP contribution in [-0.2, 0) is 0 Å². The number of rotatable bonds is 4. The average Bonchev–Trinajstić information content (AvgIpc) is 3.67. The van der Waals surface area contributed by atoms with Crippen LogP contribution in [0.4, 0.5) is 0 Å². The van der Waals surface area contributed by atoms with E-state index in [1.165, 1.54) is 10.8 Å². The fraction of sp³-hybridized carbons (Fsp3) is 0. The van der Waals surface area contributed by atoms with Gasteiger partial charge in [0.15, 0.2) is 0 Å². The third-order valence-corrected chi connectivity index (χ3v) is 9.39. The Morgan fingerprint density at radius 2 is 0.979 bits per heavy atom. The number of hydrogen-bond acceptors (Lipinski definition) is 2. The van der Waals surface area contributed by atoms with Crippen molar-refractivity contribution >= 4 is 43.6 Å². The number of hydrogen-bond donors (Lipinski definition) is 0. The monoisotopic (exact) mass is 610 g/mol. The van der Waals surface area contributed by atoms with Gasteiger partial charge >= 0.3 is 0 Å². The third-order valence-electron chi connectivity index (χ3n) is 9.39. The topological polar surface area (TPSA) is 57.4 Å². The fourth-order valence-electron chi connectivity index (χ4n) is 7.31. The average molecular weight is 611 g/mol. The predicted molar refractivity (Wildman–Crippen MR) is 195 cm³/mol. The van der Waals surface area contributed by atoms with Crippen molar-refractivity contribution in [1.82, 2.24) is 9.13 Å². The van der Waals surface area contributed by atoms with Crippen LogP contribution in [0.3, 0.4) is 0 Å². The predicted octanol–water partition coefficient (Wildman–Crippen LogP) is 11.0. The Morgan fingerprint density at radius 1 is 0.396 bits per heavy atom. The van der Waals surface area contributed by atoms with Crippen LogP contribution in [0, 0.1) is 22.7 Å². The van der Waals surface area contributed by atoms with E-state index in [9.17, 15) is 10.5 Å². The minimum atomic E-state index is 0.367. The van der Waals surface area contributed by atoms with Crippen molar-refractivity contribution in [1.29, 1.82) is 10.5 Å². The molecule has 0 radical (unpaired) electrons. The highest BCUT2D eigenvalue weighted by molar-refractivity contribution is 6.16. The molecule has 222 valence electrons. The number of fused-ring (bicyclic) bond motifs is 6. The Labute approximate surface area is 277 Å². The van der Waals surface area contributed by atoms with E-state index in [1.54, 1.807) is 6.07 Å². The van der Waals surface area contributed by atoms with Crippen molar-refractivity contribution < 1.29 is 0 Å². The lowest BCUT2D eigenvalue weighted by atomic mass is 9.91. The van der Waals surface area contributed by atoms with Crippen molar-refractivity contribution in [3.63, 3.8) is 0 Å². The molecule has 0 aliphatic carbocycles. The minimum absolute atomic E-state index is 0.367. The maximum atomic E-state index is 10.4. The van der Waals surface area contributed by atoms with Crippen LogP contribution >= 0.6 is 0 Å². The van der Waals surface area contributed by atoms with Gasteiger partial charge in [0, 0.05) is 44.0 Å². The molecule has 9 rings (SSSR count). The van der Waals surface area contributed by atoms with E-state index < -0.39 is 0 Å². The fourth-order valence-corrected chi connectivity index (χ4v) is 7.31. The van der Waals surface area contributed by atoms with Crippen LogP contribution in [0.25, 0.3) is 77.2 Å². The first-order valence-corrected chi connectivity index (χ1v) is 15.9. The van der Waals surface area contributed by atoms with Gasteiger partial charge in [-0.15, -0.1) is 0 Å². The summed E-state index contributed by atoms with van der Waals surface area (Å²) < 4.78 is 4.60. The van der Waals surface area contributed by atoms with Crippen molar-refractivity contribution in [2.45, 2.75) is 0 Å². The maximum absolute atomic E-state index is 10.4. The second-order valence-electron chi connectivity index (χ2n) is 12.0. The minimum Gasteiger partial charge on any atom is -0.309 e. The molecule has 0 fully saturated rings. The van der Waals surface area contributed by atoms with E-state index in [4.69, 9.17) is 0 Å². The molecule has 0 unspecified atom stereocenters. The van der Waals surface area contributed by atoms with Crippen molar-refractivity contribution in [2.24, 2.45) is 0 Å². The first-order valence-electron chi connectivity index (χ1n) is 15.9. The molecule has 0 atom stereocenters. The molecule has 2 heterocycles. The normalized spacial score (nSPS) is 11.3. The third kappa shape index (κ3) is 4.07. The summed E-state index contributed by atoms with van der Waals surface area (Å²) in [5.74, 6) is 0. The molecule has 2 aromatic heterocycles. The van der Waals surface area contributed by atoms with Crippen LogP contribution < -0.4 is 0 Å². The van der Waals surface area contributed by atoms with Crippen LogP contribution in [0.2, 0.25) is 0 Å². The zero-order chi connectivity index (χ0) is 32.2. The molecule has 4 heteroatoms. The van der Waals surface area contributed by atoms with E-state index in [0.29, 0.717) is 11.1 Å². The second-order valence-corrected chi connectivity index (χ2v) is 12.0. The number of nitriles is 2. The summed E-state index contributed by atoms with van der Waals surface area (Å²) in [6.07, 6.45) is 0. The number of aromatic nitrogens is 2. The molecule has 4 nitrogen and oxygen atoms in total. The van der Waals surface area contributed by atoms with Crippen LogP contribution in [-0.4, -0.2) is 9.13 Å². The molecule has 0 saturated carbocycles. The van der Waals surface area contributed by atoms with Crippen molar-refractivity contribution in [3.05, 3.63) is 169 Å². The SMILES string of the molecule is N#Cc1cccc(-c2cc(-c3ccc4c(c3)c3ccccc3n4-c3ccccc3)cc3c4ccccc4n(-c4ccccc4)c23)c1C#N. The number of para-hydroxylation sites is 4. The molecule has 0 N–H and O–H groups in total. The van der Waals surface area contributed by atoms with E-state index in [2.05, 4.69) is 137 Å². The van der Waals surface area contributed by atoms with E-state index >= 15 is 0 Å². The van der Waals surface area contributed by atoms with Crippen LogP contribution in [0.1, 0.15) is 11.1 Å². The quantitative estimate of drug-likeness (QED) is 0.199. The summed E-state index contributed by atoms with van der Waals surface area (Å²) in [5, 5.41) is 24.9. The highest BCUT2D eigenvalue weighted by Gasteiger charge is 2.21. The number of nitrogens with zero attached hydrogens (tertiary/aromatic N) is 4. The molecule has 9 aromatic rings. The lowest BCUT2D eigenvalue weighted by Gasteiger charge is -2.15. The first kappa shape index (κ1) is 27.4. The highest BCUT2D eigenvalue weighted by Crippen LogP contribution is 2.43. The molecular weight excluding hydrogens is 585 g/mol. The van der Waals surface area contributed by atoms with E-state index in [0.717, 1.165) is 66.5 Å². The Morgan fingerprint density at radius 3 is 1.67 bits per heavy atom. The summed E-state index contributed by atoms with van der Waals surface area (Å²) in [5.41, 5.74) is 11.0. The summed E-state index contributed by atoms with van der Waals surface area (Å²) in [7, 11) is 0. The van der Waals surface area contributed by atoms with Gasteiger partial charge in [0.05, 0.1) is 33.2 Å². The molecule has 0 aliphatic heterocycles. The smallest absolute Gasteiger partial charge is 0.101 e. The summed E-state index contributed by atoms with van der Waals surface area (Å²) >= 11 is 0. The molecule has 7 aromatic carbocycles. The van der Waals surface area contributed by atoms with Gasteiger partial charge in [0.25, 0.3) is 0 Å². The lowest BCUT2D eigenvalue weighted by Crippen LogP contribution is -1.97. The summed E-state index contributed by atoms with van der Waals surface area (Å²) in [4.78, 5) is 0. The van der Waals surface area contributed by atoms with Gasteiger partial charge in [-0.25, -0.2) is 0 Å². The summed E-state index contributed by atoms with van der Waals surface area (Å²) in [6.45, 7) is 0. The van der Waals surface area contributed by atoms with Crippen molar-refractivity contribution in [2.75, 3.05) is 0 Å². The standard InChI is InChI=1S/C44H26N4/c45-27-30-12-11-19-34(40(30)28-46)38-25-31(26-39-36-18-8-10-21-42(36)48(44(38)39)33-15-5-2-6-16-33)29-22-23-43-37(24-29)35-17-7-9-20-41(35)47(43)32-13-3-1-4-14-32/h1-26H. The Bertz CT molecular complexity index is 2790. The van der Waals surface area contributed by atoms with Gasteiger partial charge in [-0.1, -0.05) is 91.0 Å². The first-order chi connectivity index (χ1) is 23.7. The van der Waals surface area contributed by atoms with Gasteiger partial charge in [-0.2, -0.15) is 10.5 Å². The largest absolute Gasteiger partial charge is 0.309 e. The van der Waals surface area contributed by atoms with E-state index in [1.807, 2.05) is 36.4 Å². The summed E-state index contributed by atoms with van der Waals surface area (Å²) in [6, 6.07) is 59.1.